The largest absolute Gasteiger partial charge is 0.478 e. The average molecular weight is 221 g/mol. The van der Waals surface area contributed by atoms with Crippen molar-refractivity contribution in [2.75, 3.05) is 7.05 Å². The van der Waals surface area contributed by atoms with Crippen molar-refractivity contribution in [3.05, 3.63) is 29.8 Å². The van der Waals surface area contributed by atoms with Crippen molar-refractivity contribution in [1.82, 2.24) is 5.01 Å². The summed E-state index contributed by atoms with van der Waals surface area (Å²) in [5.41, 5.74) is 0.256. The van der Waals surface area contributed by atoms with Crippen LogP contribution in [0.4, 0.5) is 5.69 Å². The van der Waals surface area contributed by atoms with Crippen LogP contribution in [0.25, 0.3) is 0 Å². The number of benzene rings is 1. The predicted octanol–water partition coefficient (Wildman–Crippen LogP) is 1.86. The number of nitrogens with zero attached hydrogens (tertiary/aromatic N) is 3. The molecule has 0 saturated carbocycles. The maximum Gasteiger partial charge on any atom is 0.337 e. The van der Waals surface area contributed by atoms with Crippen LogP contribution in [0.5, 0.6) is 0 Å². The quantitative estimate of drug-likeness (QED) is 0.624. The average Bonchev–Trinajstić information content (AvgIpc) is 2.25. The second-order valence-corrected chi connectivity index (χ2v) is 3.05. The zero-order valence-corrected chi connectivity index (χ0v) is 8.91. The summed E-state index contributed by atoms with van der Waals surface area (Å²) in [4.78, 5) is 21.7. The lowest BCUT2D eigenvalue weighted by Crippen LogP contribution is -2.16. The molecule has 6 heteroatoms. The van der Waals surface area contributed by atoms with E-state index in [1.165, 1.54) is 26.1 Å². The van der Waals surface area contributed by atoms with Gasteiger partial charge in [-0.05, 0) is 12.1 Å². The van der Waals surface area contributed by atoms with Gasteiger partial charge in [-0.15, -0.1) is 5.11 Å². The fraction of sp³-hybridized carbons (Fsp3) is 0.200. The highest BCUT2D eigenvalue weighted by molar-refractivity contribution is 5.93. The molecule has 0 aliphatic rings. The minimum atomic E-state index is -1.08. The van der Waals surface area contributed by atoms with E-state index in [1.807, 2.05) is 0 Å². The van der Waals surface area contributed by atoms with Crippen molar-refractivity contribution in [2.24, 2.45) is 10.3 Å². The van der Waals surface area contributed by atoms with E-state index in [1.54, 1.807) is 12.1 Å². The van der Waals surface area contributed by atoms with Crippen LogP contribution in [0.1, 0.15) is 17.3 Å². The summed E-state index contributed by atoms with van der Waals surface area (Å²) in [6, 6.07) is 6.18. The summed E-state index contributed by atoms with van der Waals surface area (Å²) in [6.45, 7) is 1.34. The molecule has 84 valence electrons. The molecule has 0 aliphatic carbocycles. The number of amides is 1. The Labute approximate surface area is 92.2 Å². The first-order chi connectivity index (χ1) is 7.52. The molecule has 0 fully saturated rings. The summed E-state index contributed by atoms with van der Waals surface area (Å²) in [7, 11) is 1.44. The van der Waals surface area contributed by atoms with E-state index < -0.39 is 5.97 Å². The van der Waals surface area contributed by atoms with Gasteiger partial charge >= 0.3 is 5.97 Å². The third-order valence-corrected chi connectivity index (χ3v) is 1.88. The molecule has 1 N–H and O–H groups in total. The van der Waals surface area contributed by atoms with Crippen LogP contribution in [-0.2, 0) is 4.79 Å². The molecule has 1 aromatic carbocycles. The highest BCUT2D eigenvalue weighted by atomic mass is 16.4. The van der Waals surface area contributed by atoms with Gasteiger partial charge < -0.3 is 5.11 Å². The second-order valence-electron chi connectivity index (χ2n) is 3.05. The Bertz CT molecular complexity index is 443. The highest BCUT2D eigenvalue weighted by Crippen LogP contribution is 2.18. The molecule has 0 spiro atoms. The molecule has 0 heterocycles. The first-order valence-corrected chi connectivity index (χ1v) is 4.50. The van der Waals surface area contributed by atoms with Gasteiger partial charge in [0.05, 0.1) is 5.56 Å². The van der Waals surface area contributed by atoms with E-state index in [0.29, 0.717) is 0 Å². The molecule has 0 saturated heterocycles. The maximum absolute atomic E-state index is 10.8. The molecule has 1 aromatic rings. The number of hydrogen-bond acceptors (Lipinski definition) is 4. The molecule has 0 radical (unpaired) electrons. The van der Waals surface area contributed by atoms with Crippen molar-refractivity contribution in [1.29, 1.82) is 0 Å². The van der Waals surface area contributed by atoms with Crippen molar-refractivity contribution in [2.45, 2.75) is 6.92 Å². The Morgan fingerprint density at radius 3 is 2.50 bits per heavy atom. The van der Waals surface area contributed by atoms with Crippen LogP contribution in [0.2, 0.25) is 0 Å². The Balaban J connectivity index is 2.97. The maximum atomic E-state index is 10.8. The standard InChI is InChI=1S/C10H11N3O3/c1-7(14)13(2)12-11-9-6-4-3-5-8(9)10(15)16/h3-6H,1-2H3,(H,15,16). The SMILES string of the molecule is CC(=O)N(C)N=Nc1ccccc1C(=O)O. The number of carboxylic acid groups (broad SMARTS) is 1. The smallest absolute Gasteiger partial charge is 0.337 e. The fourth-order valence-corrected chi connectivity index (χ4v) is 0.920. The summed E-state index contributed by atoms with van der Waals surface area (Å²) in [6.07, 6.45) is 0. The molecule has 0 aliphatic heterocycles. The summed E-state index contributed by atoms with van der Waals surface area (Å²) in [5, 5.41) is 17.2. The lowest BCUT2D eigenvalue weighted by Gasteiger charge is -2.05. The van der Waals surface area contributed by atoms with Gasteiger partial charge in [0.1, 0.15) is 5.69 Å². The molecular formula is C10H11N3O3. The molecule has 0 atom stereocenters. The zero-order chi connectivity index (χ0) is 12.1. The summed E-state index contributed by atoms with van der Waals surface area (Å²) in [5.74, 6) is -1.36. The van der Waals surface area contributed by atoms with E-state index in [9.17, 15) is 9.59 Å². The number of rotatable bonds is 3. The van der Waals surface area contributed by atoms with Crippen LogP contribution < -0.4 is 0 Å². The molecule has 16 heavy (non-hydrogen) atoms. The minimum absolute atomic E-state index is 0.0446. The fourth-order valence-electron chi connectivity index (χ4n) is 0.920. The van der Waals surface area contributed by atoms with Gasteiger partial charge in [-0.1, -0.05) is 17.4 Å². The number of carbonyl (C=O) groups is 2. The van der Waals surface area contributed by atoms with Crippen molar-refractivity contribution >= 4 is 17.6 Å². The highest BCUT2D eigenvalue weighted by Gasteiger charge is 2.08. The van der Waals surface area contributed by atoms with Crippen LogP contribution in [-0.4, -0.2) is 29.0 Å². The Kier molecular flexibility index (Phi) is 3.71. The molecule has 1 amide bonds. The topological polar surface area (TPSA) is 82.3 Å². The summed E-state index contributed by atoms with van der Waals surface area (Å²) >= 11 is 0. The first-order valence-electron chi connectivity index (χ1n) is 4.50. The van der Waals surface area contributed by atoms with E-state index in [-0.39, 0.29) is 17.2 Å². The first kappa shape index (κ1) is 11.8. The van der Waals surface area contributed by atoms with Gasteiger partial charge in [0.15, 0.2) is 0 Å². The van der Waals surface area contributed by atoms with Crippen LogP contribution in [0, 0.1) is 0 Å². The van der Waals surface area contributed by atoms with Gasteiger partial charge in [0, 0.05) is 14.0 Å². The van der Waals surface area contributed by atoms with Gasteiger partial charge in [0.2, 0.25) is 5.91 Å². The molecule has 0 aromatic heterocycles. The molecular weight excluding hydrogens is 210 g/mol. The van der Waals surface area contributed by atoms with Crippen molar-refractivity contribution in [3.63, 3.8) is 0 Å². The summed E-state index contributed by atoms with van der Waals surface area (Å²) < 4.78 is 0. The minimum Gasteiger partial charge on any atom is -0.478 e. The number of carbonyl (C=O) groups excluding carboxylic acids is 1. The molecule has 0 bridgehead atoms. The lowest BCUT2D eigenvalue weighted by atomic mass is 10.2. The molecule has 0 unspecified atom stereocenters. The number of carboxylic acids is 1. The Hall–Kier alpha value is -2.24. The Morgan fingerprint density at radius 2 is 1.94 bits per heavy atom. The second kappa shape index (κ2) is 5.01. The van der Waals surface area contributed by atoms with E-state index in [0.717, 1.165) is 5.01 Å². The van der Waals surface area contributed by atoms with Gasteiger partial charge in [-0.3, -0.25) is 4.79 Å². The van der Waals surface area contributed by atoms with E-state index >= 15 is 0 Å². The van der Waals surface area contributed by atoms with Crippen LogP contribution in [0.3, 0.4) is 0 Å². The number of hydrogen-bond donors (Lipinski definition) is 1. The van der Waals surface area contributed by atoms with Gasteiger partial charge in [-0.25, -0.2) is 9.80 Å². The third kappa shape index (κ3) is 2.88. The molecule has 6 nitrogen and oxygen atoms in total. The van der Waals surface area contributed by atoms with Gasteiger partial charge in [-0.2, -0.15) is 0 Å². The van der Waals surface area contributed by atoms with E-state index in [2.05, 4.69) is 10.3 Å². The van der Waals surface area contributed by atoms with Crippen LogP contribution >= 0.6 is 0 Å². The predicted molar refractivity (Wildman–Crippen MR) is 56.4 cm³/mol. The molecule has 1 rings (SSSR count). The van der Waals surface area contributed by atoms with Crippen LogP contribution in [0.15, 0.2) is 34.6 Å². The van der Waals surface area contributed by atoms with E-state index in [4.69, 9.17) is 5.11 Å². The zero-order valence-electron chi connectivity index (χ0n) is 8.91. The third-order valence-electron chi connectivity index (χ3n) is 1.88. The van der Waals surface area contributed by atoms with Gasteiger partial charge in [0.25, 0.3) is 0 Å². The number of aromatic carboxylic acids is 1. The lowest BCUT2D eigenvalue weighted by molar-refractivity contribution is -0.127. The van der Waals surface area contributed by atoms with Crippen molar-refractivity contribution in [3.8, 4) is 0 Å². The Morgan fingerprint density at radius 1 is 1.31 bits per heavy atom. The van der Waals surface area contributed by atoms with Crippen molar-refractivity contribution < 1.29 is 14.7 Å². The monoisotopic (exact) mass is 221 g/mol. The normalized spacial score (nSPS) is 10.4.